The molecule has 0 aliphatic heterocycles. The number of nitrogens with zero attached hydrogens (tertiary/aromatic N) is 1. The number of nitrogens with one attached hydrogen (secondary N) is 1. The topological polar surface area (TPSA) is 102 Å². The number of hydroxylamine groups is 1. The standard InChI is InChI=1S/C14H19ClN2O6S/c1-5-16-13(18)9(2)23-14(19)11-8-10(6-7-12(11)15)24(20,21)17(3)22-4/h6-9H,5H2,1-4H3,(H,16,18)/t9-/m1/s1. The lowest BCUT2D eigenvalue weighted by Crippen LogP contribution is -2.35. The third kappa shape index (κ3) is 4.67. The van der Waals surface area contributed by atoms with Gasteiger partial charge in [-0.05, 0) is 32.0 Å². The van der Waals surface area contributed by atoms with Crippen LogP contribution in [0, 0.1) is 0 Å². The molecule has 0 saturated carbocycles. The second kappa shape index (κ2) is 8.43. The average molecular weight is 379 g/mol. The summed E-state index contributed by atoms with van der Waals surface area (Å²) < 4.78 is 30.1. The highest BCUT2D eigenvalue weighted by molar-refractivity contribution is 7.89. The van der Waals surface area contributed by atoms with Crippen molar-refractivity contribution in [3.63, 3.8) is 0 Å². The van der Waals surface area contributed by atoms with E-state index in [1.165, 1.54) is 33.2 Å². The molecule has 0 aromatic heterocycles. The highest BCUT2D eigenvalue weighted by atomic mass is 35.5. The largest absolute Gasteiger partial charge is 0.449 e. The molecule has 0 saturated heterocycles. The van der Waals surface area contributed by atoms with Gasteiger partial charge in [-0.2, -0.15) is 0 Å². The quantitative estimate of drug-likeness (QED) is 0.565. The number of hydrogen-bond donors (Lipinski definition) is 1. The zero-order valence-electron chi connectivity index (χ0n) is 13.7. The number of halogens is 1. The molecule has 0 bridgehead atoms. The third-order valence-corrected chi connectivity index (χ3v) is 5.06. The Labute approximate surface area is 145 Å². The molecule has 1 aromatic carbocycles. The van der Waals surface area contributed by atoms with E-state index in [2.05, 4.69) is 10.2 Å². The molecule has 8 nitrogen and oxygen atoms in total. The second-order valence-corrected chi connectivity index (χ2v) is 7.02. The Morgan fingerprint density at radius 2 is 2.00 bits per heavy atom. The molecule has 0 heterocycles. The van der Waals surface area contributed by atoms with Crippen molar-refractivity contribution in [1.29, 1.82) is 0 Å². The number of hydrogen-bond acceptors (Lipinski definition) is 6. The summed E-state index contributed by atoms with van der Waals surface area (Å²) in [5.41, 5.74) is -0.168. The summed E-state index contributed by atoms with van der Waals surface area (Å²) in [7, 11) is -1.55. The minimum absolute atomic E-state index is 0.00196. The molecule has 0 aliphatic carbocycles. The number of rotatable bonds is 7. The van der Waals surface area contributed by atoms with Crippen LogP contribution in [0.4, 0.5) is 0 Å². The van der Waals surface area contributed by atoms with Crippen LogP contribution in [-0.4, -0.2) is 51.6 Å². The Morgan fingerprint density at radius 1 is 1.38 bits per heavy atom. The SMILES string of the molecule is CCNC(=O)[C@@H](C)OC(=O)c1cc(S(=O)(=O)N(C)OC)ccc1Cl. The van der Waals surface area contributed by atoms with E-state index in [-0.39, 0.29) is 15.5 Å². The molecule has 1 N–H and O–H groups in total. The number of carbonyl (C=O) groups is 2. The van der Waals surface area contributed by atoms with Gasteiger partial charge in [0.2, 0.25) is 0 Å². The lowest BCUT2D eigenvalue weighted by atomic mass is 10.2. The minimum Gasteiger partial charge on any atom is -0.449 e. The summed E-state index contributed by atoms with van der Waals surface area (Å²) in [6, 6.07) is 3.56. The molecule has 0 radical (unpaired) electrons. The normalized spacial score (nSPS) is 12.8. The van der Waals surface area contributed by atoms with Gasteiger partial charge in [0, 0.05) is 13.6 Å². The summed E-state index contributed by atoms with van der Waals surface area (Å²) in [6.07, 6.45) is -1.05. The summed E-state index contributed by atoms with van der Waals surface area (Å²) in [5, 5.41) is 2.51. The molecule has 0 spiro atoms. The van der Waals surface area contributed by atoms with Crippen molar-refractivity contribution in [3.8, 4) is 0 Å². The number of benzene rings is 1. The summed E-state index contributed by atoms with van der Waals surface area (Å²) >= 11 is 5.94. The first kappa shape index (κ1) is 20.4. The molecule has 1 aromatic rings. The van der Waals surface area contributed by atoms with Crippen LogP contribution in [0.25, 0.3) is 0 Å². The number of amides is 1. The van der Waals surface area contributed by atoms with Gasteiger partial charge in [0.1, 0.15) is 0 Å². The zero-order valence-corrected chi connectivity index (χ0v) is 15.3. The molecule has 0 fully saturated rings. The van der Waals surface area contributed by atoms with Gasteiger partial charge in [-0.15, -0.1) is 0 Å². The number of carbonyl (C=O) groups excluding carboxylic acids is 2. The van der Waals surface area contributed by atoms with Gasteiger partial charge in [0.05, 0.1) is 22.6 Å². The first-order valence-electron chi connectivity index (χ1n) is 6.96. The fourth-order valence-corrected chi connectivity index (χ4v) is 2.86. The maximum Gasteiger partial charge on any atom is 0.340 e. The molecular weight excluding hydrogens is 360 g/mol. The van der Waals surface area contributed by atoms with E-state index >= 15 is 0 Å². The summed E-state index contributed by atoms with van der Waals surface area (Å²) in [5.74, 6) is -1.37. The predicted molar refractivity (Wildman–Crippen MR) is 87.0 cm³/mol. The molecule has 0 aliphatic rings. The maximum atomic E-state index is 12.2. The van der Waals surface area contributed by atoms with Crippen molar-refractivity contribution < 1.29 is 27.6 Å². The number of ether oxygens (including phenoxy) is 1. The van der Waals surface area contributed by atoms with Gasteiger partial charge in [-0.25, -0.2) is 13.2 Å². The van der Waals surface area contributed by atoms with E-state index in [9.17, 15) is 18.0 Å². The van der Waals surface area contributed by atoms with Crippen molar-refractivity contribution in [2.45, 2.75) is 24.8 Å². The number of esters is 1. The van der Waals surface area contributed by atoms with Gasteiger partial charge in [-0.1, -0.05) is 16.1 Å². The predicted octanol–water partition coefficient (Wildman–Crippen LogP) is 1.20. The minimum atomic E-state index is -3.95. The first-order chi connectivity index (χ1) is 11.1. The zero-order chi connectivity index (χ0) is 18.5. The van der Waals surface area contributed by atoms with Crippen molar-refractivity contribution in [1.82, 2.24) is 9.79 Å². The Balaban J connectivity index is 3.10. The molecule has 1 rings (SSSR count). The number of likely N-dealkylation sites (N-methyl/N-ethyl adjacent to an activating group) is 1. The van der Waals surface area contributed by atoms with Crippen LogP contribution in [0.5, 0.6) is 0 Å². The Bertz CT molecular complexity index is 722. The Morgan fingerprint density at radius 3 is 2.54 bits per heavy atom. The molecule has 10 heteroatoms. The molecule has 134 valence electrons. The first-order valence-corrected chi connectivity index (χ1v) is 8.78. The van der Waals surface area contributed by atoms with Crippen LogP contribution < -0.4 is 5.32 Å². The molecule has 24 heavy (non-hydrogen) atoms. The lowest BCUT2D eigenvalue weighted by Gasteiger charge is -2.16. The smallest absolute Gasteiger partial charge is 0.340 e. The summed E-state index contributed by atoms with van der Waals surface area (Å²) in [4.78, 5) is 28.3. The van der Waals surface area contributed by atoms with Gasteiger partial charge in [0.25, 0.3) is 15.9 Å². The van der Waals surface area contributed by atoms with Gasteiger partial charge >= 0.3 is 5.97 Å². The van der Waals surface area contributed by atoms with Crippen molar-refractivity contribution in [3.05, 3.63) is 28.8 Å². The second-order valence-electron chi connectivity index (χ2n) is 4.68. The van der Waals surface area contributed by atoms with Crippen molar-refractivity contribution in [2.24, 2.45) is 0 Å². The molecule has 1 amide bonds. The van der Waals surface area contributed by atoms with E-state index < -0.39 is 28.0 Å². The average Bonchev–Trinajstić information content (AvgIpc) is 2.54. The van der Waals surface area contributed by atoms with Crippen LogP contribution in [0.2, 0.25) is 5.02 Å². The molecule has 0 unspecified atom stereocenters. The van der Waals surface area contributed by atoms with E-state index in [4.69, 9.17) is 16.3 Å². The molecule has 1 atom stereocenters. The Hall–Kier alpha value is -1.68. The van der Waals surface area contributed by atoms with Crippen LogP contribution in [0.3, 0.4) is 0 Å². The van der Waals surface area contributed by atoms with Crippen LogP contribution in [0.1, 0.15) is 24.2 Å². The highest BCUT2D eigenvalue weighted by Gasteiger charge is 2.25. The fourth-order valence-electron chi connectivity index (χ4n) is 1.66. The Kier molecular flexibility index (Phi) is 7.15. The maximum absolute atomic E-state index is 12.2. The van der Waals surface area contributed by atoms with Gasteiger partial charge in [0.15, 0.2) is 6.10 Å². The van der Waals surface area contributed by atoms with Crippen molar-refractivity contribution in [2.75, 3.05) is 20.7 Å². The lowest BCUT2D eigenvalue weighted by molar-refractivity contribution is -0.128. The van der Waals surface area contributed by atoms with E-state index in [0.717, 1.165) is 6.07 Å². The third-order valence-electron chi connectivity index (χ3n) is 3.06. The number of sulfonamides is 1. The van der Waals surface area contributed by atoms with Gasteiger partial charge < -0.3 is 10.1 Å². The summed E-state index contributed by atoms with van der Waals surface area (Å²) in [6.45, 7) is 3.51. The van der Waals surface area contributed by atoms with Gasteiger partial charge in [-0.3, -0.25) is 9.63 Å². The van der Waals surface area contributed by atoms with Crippen molar-refractivity contribution >= 4 is 33.5 Å². The highest BCUT2D eigenvalue weighted by Crippen LogP contribution is 2.23. The van der Waals surface area contributed by atoms with Crippen LogP contribution in [0.15, 0.2) is 23.1 Å². The van der Waals surface area contributed by atoms with Crippen LogP contribution >= 0.6 is 11.6 Å². The molecular formula is C14H19ClN2O6S. The van der Waals surface area contributed by atoms with E-state index in [1.54, 1.807) is 6.92 Å². The van der Waals surface area contributed by atoms with E-state index in [1.807, 2.05) is 0 Å². The fraction of sp³-hybridized carbons (Fsp3) is 0.429. The monoisotopic (exact) mass is 378 g/mol. The van der Waals surface area contributed by atoms with Crippen LogP contribution in [-0.2, 0) is 24.4 Å². The van der Waals surface area contributed by atoms with E-state index in [0.29, 0.717) is 11.0 Å².